The Morgan fingerprint density at radius 1 is 1.45 bits per heavy atom. The van der Waals surface area contributed by atoms with E-state index in [9.17, 15) is 4.79 Å². The second-order valence-corrected chi connectivity index (χ2v) is 3.05. The Morgan fingerprint density at radius 3 is 2.36 bits per heavy atom. The molecule has 0 aliphatic carbocycles. The van der Waals surface area contributed by atoms with E-state index < -0.39 is 0 Å². The molecule has 0 unspecified atom stereocenters. The monoisotopic (exact) mass is 159 g/mol. The molecule has 0 amide bonds. The second kappa shape index (κ2) is 5.13. The summed E-state index contributed by atoms with van der Waals surface area (Å²) in [7, 11) is 0. The number of ether oxygens (including phenoxy) is 1. The van der Waals surface area contributed by atoms with Crippen molar-refractivity contribution in [3.05, 3.63) is 0 Å². The summed E-state index contributed by atoms with van der Waals surface area (Å²) in [6.07, 6.45) is 1.11. The minimum absolute atomic E-state index is 0.0180. The summed E-state index contributed by atoms with van der Waals surface area (Å²) in [5.41, 5.74) is 5.46. The van der Waals surface area contributed by atoms with Gasteiger partial charge in [0.05, 0.1) is 6.10 Å². The third-order valence-corrected chi connectivity index (χ3v) is 1.17. The Morgan fingerprint density at radius 2 is 2.00 bits per heavy atom. The van der Waals surface area contributed by atoms with E-state index in [1.807, 2.05) is 20.8 Å². The molecule has 1 atom stereocenters. The second-order valence-electron chi connectivity index (χ2n) is 3.05. The quantitative estimate of drug-likeness (QED) is 0.624. The van der Waals surface area contributed by atoms with Crippen LogP contribution in [0.25, 0.3) is 0 Å². The van der Waals surface area contributed by atoms with Gasteiger partial charge in [0.2, 0.25) is 0 Å². The lowest BCUT2D eigenvalue weighted by Crippen LogP contribution is -2.18. The zero-order valence-corrected chi connectivity index (χ0v) is 7.46. The normalized spacial score (nSPS) is 13.2. The third kappa shape index (κ3) is 7.33. The predicted octanol–water partition coefficient (Wildman–Crippen LogP) is 1.07. The van der Waals surface area contributed by atoms with Crippen LogP contribution in [0, 0.1) is 0 Å². The smallest absolute Gasteiger partial charge is 0.306 e. The summed E-state index contributed by atoms with van der Waals surface area (Å²) in [6, 6.07) is 0.0784. The van der Waals surface area contributed by atoms with Crippen LogP contribution in [0.1, 0.15) is 33.6 Å². The van der Waals surface area contributed by atoms with Crippen LogP contribution in [0.15, 0.2) is 0 Å². The molecule has 66 valence electrons. The molecule has 3 heteroatoms. The predicted molar refractivity (Wildman–Crippen MR) is 44.1 cm³/mol. The van der Waals surface area contributed by atoms with Crippen LogP contribution in [-0.2, 0) is 9.53 Å². The van der Waals surface area contributed by atoms with E-state index in [0.29, 0.717) is 12.8 Å². The van der Waals surface area contributed by atoms with Gasteiger partial charge in [-0.25, -0.2) is 0 Å². The summed E-state index contributed by atoms with van der Waals surface area (Å²) in [6.45, 7) is 5.55. The van der Waals surface area contributed by atoms with Gasteiger partial charge in [-0.2, -0.15) is 0 Å². The maximum absolute atomic E-state index is 10.9. The molecule has 0 aromatic carbocycles. The minimum Gasteiger partial charge on any atom is -0.463 e. The average molecular weight is 159 g/mol. The van der Waals surface area contributed by atoms with E-state index in [0.717, 1.165) is 0 Å². The molecule has 0 aromatic rings. The molecule has 0 radical (unpaired) electrons. The van der Waals surface area contributed by atoms with Gasteiger partial charge in [-0.3, -0.25) is 4.79 Å². The van der Waals surface area contributed by atoms with Gasteiger partial charge in [0.15, 0.2) is 0 Å². The van der Waals surface area contributed by atoms with Crippen LogP contribution < -0.4 is 5.73 Å². The van der Waals surface area contributed by atoms with Crippen molar-refractivity contribution in [3.8, 4) is 0 Å². The van der Waals surface area contributed by atoms with Gasteiger partial charge >= 0.3 is 5.97 Å². The van der Waals surface area contributed by atoms with Crippen LogP contribution >= 0.6 is 0 Å². The fourth-order valence-electron chi connectivity index (χ4n) is 0.667. The van der Waals surface area contributed by atoms with Crippen molar-refractivity contribution in [2.75, 3.05) is 0 Å². The largest absolute Gasteiger partial charge is 0.463 e. The molecule has 0 fully saturated rings. The van der Waals surface area contributed by atoms with Crippen molar-refractivity contribution in [1.82, 2.24) is 0 Å². The number of rotatable bonds is 4. The Labute approximate surface area is 67.9 Å². The first-order valence-electron chi connectivity index (χ1n) is 3.97. The van der Waals surface area contributed by atoms with E-state index >= 15 is 0 Å². The average Bonchev–Trinajstić information content (AvgIpc) is 1.82. The lowest BCUT2D eigenvalue weighted by atomic mass is 10.2. The molecule has 0 bridgehead atoms. The van der Waals surface area contributed by atoms with Crippen LogP contribution in [0.4, 0.5) is 0 Å². The highest BCUT2D eigenvalue weighted by Crippen LogP contribution is 1.98. The lowest BCUT2D eigenvalue weighted by molar-refractivity contribution is -0.147. The van der Waals surface area contributed by atoms with Gasteiger partial charge in [0, 0.05) is 12.5 Å². The number of hydrogen-bond acceptors (Lipinski definition) is 3. The molecule has 0 spiro atoms. The molecule has 0 saturated carbocycles. The number of hydrogen-bond donors (Lipinski definition) is 1. The van der Waals surface area contributed by atoms with E-state index in [-0.39, 0.29) is 18.1 Å². The Kier molecular flexibility index (Phi) is 4.86. The molecule has 0 rings (SSSR count). The maximum atomic E-state index is 10.9. The molecular weight excluding hydrogens is 142 g/mol. The molecule has 0 heterocycles. The van der Waals surface area contributed by atoms with Gasteiger partial charge in [0.1, 0.15) is 0 Å². The zero-order chi connectivity index (χ0) is 8.85. The molecule has 0 aliphatic rings. The fourth-order valence-corrected chi connectivity index (χ4v) is 0.667. The summed E-state index contributed by atoms with van der Waals surface area (Å²) >= 11 is 0. The van der Waals surface area contributed by atoms with Crippen molar-refractivity contribution in [2.24, 2.45) is 5.73 Å². The van der Waals surface area contributed by atoms with Crippen LogP contribution in [0.3, 0.4) is 0 Å². The van der Waals surface area contributed by atoms with Crippen molar-refractivity contribution in [1.29, 1.82) is 0 Å². The highest BCUT2D eigenvalue weighted by molar-refractivity contribution is 5.69. The van der Waals surface area contributed by atoms with E-state index in [1.165, 1.54) is 0 Å². The number of carbonyl (C=O) groups is 1. The van der Waals surface area contributed by atoms with Gasteiger partial charge < -0.3 is 10.5 Å². The van der Waals surface area contributed by atoms with E-state index in [4.69, 9.17) is 10.5 Å². The lowest BCUT2D eigenvalue weighted by Gasteiger charge is -2.08. The minimum atomic E-state index is -0.155. The molecule has 0 saturated heterocycles. The van der Waals surface area contributed by atoms with Crippen molar-refractivity contribution in [2.45, 2.75) is 45.8 Å². The standard InChI is InChI=1S/C8H17NO2/c1-6(2)11-8(10)5-4-7(3)9/h6-7H,4-5,9H2,1-3H3/t7-/m1/s1. The summed E-state index contributed by atoms with van der Waals surface area (Å²) in [4.78, 5) is 10.9. The van der Waals surface area contributed by atoms with Crippen molar-refractivity contribution < 1.29 is 9.53 Å². The van der Waals surface area contributed by atoms with E-state index in [1.54, 1.807) is 0 Å². The molecule has 3 nitrogen and oxygen atoms in total. The SMILES string of the molecule is CC(C)OC(=O)CC[C@@H](C)N. The Bertz CT molecular complexity index is 121. The summed E-state index contributed by atoms with van der Waals surface area (Å²) in [5.74, 6) is -0.155. The molecule has 0 aliphatic heterocycles. The number of carbonyl (C=O) groups excluding carboxylic acids is 1. The van der Waals surface area contributed by atoms with Crippen LogP contribution in [0.5, 0.6) is 0 Å². The van der Waals surface area contributed by atoms with Gasteiger partial charge in [-0.05, 0) is 27.2 Å². The van der Waals surface area contributed by atoms with Crippen molar-refractivity contribution in [3.63, 3.8) is 0 Å². The zero-order valence-electron chi connectivity index (χ0n) is 7.46. The topological polar surface area (TPSA) is 52.3 Å². The van der Waals surface area contributed by atoms with E-state index in [2.05, 4.69) is 0 Å². The molecule has 2 N–H and O–H groups in total. The van der Waals surface area contributed by atoms with Gasteiger partial charge in [0.25, 0.3) is 0 Å². The number of nitrogens with two attached hydrogens (primary N) is 1. The number of esters is 1. The van der Waals surface area contributed by atoms with Crippen LogP contribution in [-0.4, -0.2) is 18.1 Å². The first-order chi connectivity index (χ1) is 5.02. The highest BCUT2D eigenvalue weighted by Gasteiger charge is 2.05. The van der Waals surface area contributed by atoms with Crippen LogP contribution in [0.2, 0.25) is 0 Å². The molecule has 11 heavy (non-hydrogen) atoms. The summed E-state index contributed by atoms with van der Waals surface area (Å²) < 4.78 is 4.91. The Hall–Kier alpha value is -0.570. The first kappa shape index (κ1) is 10.4. The molecular formula is C8H17NO2. The first-order valence-corrected chi connectivity index (χ1v) is 3.97. The highest BCUT2D eigenvalue weighted by atomic mass is 16.5. The Balaban J connectivity index is 3.38. The third-order valence-electron chi connectivity index (χ3n) is 1.17. The molecule has 0 aromatic heterocycles. The maximum Gasteiger partial charge on any atom is 0.306 e. The van der Waals surface area contributed by atoms with Gasteiger partial charge in [-0.15, -0.1) is 0 Å². The van der Waals surface area contributed by atoms with Gasteiger partial charge in [-0.1, -0.05) is 0 Å². The van der Waals surface area contributed by atoms with Crippen molar-refractivity contribution >= 4 is 5.97 Å². The fraction of sp³-hybridized carbons (Fsp3) is 0.875. The summed E-state index contributed by atoms with van der Waals surface area (Å²) in [5, 5.41) is 0.